The SMILES string of the molecule is c1cc(C2CCCN2C2CCNCC2)no1. The predicted octanol–water partition coefficient (Wildman–Crippen LogP) is 1.56. The Balaban J connectivity index is 1.73. The summed E-state index contributed by atoms with van der Waals surface area (Å²) in [6.45, 7) is 3.54. The number of likely N-dealkylation sites (tertiary alicyclic amines) is 1. The van der Waals surface area contributed by atoms with Gasteiger partial charge in [0.05, 0.1) is 6.04 Å². The molecule has 3 rings (SSSR count). The average Bonchev–Trinajstić information content (AvgIpc) is 3.01. The van der Waals surface area contributed by atoms with Crippen LogP contribution in [0.2, 0.25) is 0 Å². The molecule has 2 saturated heterocycles. The van der Waals surface area contributed by atoms with Crippen LogP contribution in [-0.4, -0.2) is 35.7 Å². The highest BCUT2D eigenvalue weighted by atomic mass is 16.5. The van der Waals surface area contributed by atoms with Gasteiger partial charge < -0.3 is 9.84 Å². The number of rotatable bonds is 2. The summed E-state index contributed by atoms with van der Waals surface area (Å²) in [6, 6.07) is 3.26. The van der Waals surface area contributed by atoms with Crippen LogP contribution in [0.25, 0.3) is 0 Å². The monoisotopic (exact) mass is 221 g/mol. The van der Waals surface area contributed by atoms with Gasteiger partial charge in [-0.3, -0.25) is 4.90 Å². The Kier molecular flexibility index (Phi) is 2.93. The van der Waals surface area contributed by atoms with E-state index in [1.165, 1.54) is 32.2 Å². The Hall–Kier alpha value is -0.870. The van der Waals surface area contributed by atoms with Crippen LogP contribution in [0.4, 0.5) is 0 Å². The lowest BCUT2D eigenvalue weighted by atomic mass is 10.0. The van der Waals surface area contributed by atoms with Crippen molar-refractivity contribution in [3.8, 4) is 0 Å². The molecule has 0 amide bonds. The summed E-state index contributed by atoms with van der Waals surface area (Å²) in [5.41, 5.74) is 1.12. The smallest absolute Gasteiger partial charge is 0.124 e. The van der Waals surface area contributed by atoms with Gasteiger partial charge in [0.15, 0.2) is 0 Å². The summed E-state index contributed by atoms with van der Waals surface area (Å²) < 4.78 is 4.97. The Morgan fingerprint density at radius 3 is 2.94 bits per heavy atom. The van der Waals surface area contributed by atoms with Crippen molar-refractivity contribution in [3.63, 3.8) is 0 Å². The molecule has 0 aliphatic carbocycles. The summed E-state index contributed by atoms with van der Waals surface area (Å²) in [7, 11) is 0. The minimum absolute atomic E-state index is 0.502. The van der Waals surface area contributed by atoms with Crippen LogP contribution >= 0.6 is 0 Å². The fraction of sp³-hybridized carbons (Fsp3) is 0.750. The van der Waals surface area contributed by atoms with Crippen molar-refractivity contribution in [2.75, 3.05) is 19.6 Å². The number of nitrogens with zero attached hydrogens (tertiary/aromatic N) is 2. The molecule has 2 aliphatic rings. The Morgan fingerprint density at radius 1 is 1.31 bits per heavy atom. The molecule has 1 unspecified atom stereocenters. The summed E-state index contributed by atoms with van der Waals surface area (Å²) in [5, 5.41) is 7.54. The van der Waals surface area contributed by atoms with Gasteiger partial charge in [0.25, 0.3) is 0 Å². The second kappa shape index (κ2) is 4.55. The quantitative estimate of drug-likeness (QED) is 0.823. The van der Waals surface area contributed by atoms with Gasteiger partial charge in [-0.1, -0.05) is 5.16 Å². The average molecular weight is 221 g/mol. The second-order valence-corrected chi connectivity index (χ2v) is 4.80. The molecule has 2 aliphatic heterocycles. The number of hydrogen-bond donors (Lipinski definition) is 1. The molecule has 0 bridgehead atoms. The van der Waals surface area contributed by atoms with Crippen LogP contribution in [0.5, 0.6) is 0 Å². The minimum atomic E-state index is 0.502. The van der Waals surface area contributed by atoms with Gasteiger partial charge in [0, 0.05) is 12.1 Å². The predicted molar refractivity (Wildman–Crippen MR) is 61.1 cm³/mol. The van der Waals surface area contributed by atoms with Gasteiger partial charge in [-0.25, -0.2) is 0 Å². The third kappa shape index (κ3) is 1.87. The molecule has 16 heavy (non-hydrogen) atoms. The van der Waals surface area contributed by atoms with E-state index in [2.05, 4.69) is 15.4 Å². The van der Waals surface area contributed by atoms with Crippen molar-refractivity contribution in [2.45, 2.75) is 37.8 Å². The summed E-state index contributed by atoms with van der Waals surface area (Å²) in [6.07, 6.45) is 6.76. The van der Waals surface area contributed by atoms with Crippen molar-refractivity contribution in [2.24, 2.45) is 0 Å². The summed E-state index contributed by atoms with van der Waals surface area (Å²) in [4.78, 5) is 2.64. The third-order valence-electron chi connectivity index (χ3n) is 3.87. The molecule has 0 saturated carbocycles. The maximum absolute atomic E-state index is 4.97. The van der Waals surface area contributed by atoms with Crippen molar-refractivity contribution in [1.29, 1.82) is 0 Å². The molecule has 1 atom stereocenters. The Morgan fingerprint density at radius 2 is 2.19 bits per heavy atom. The molecule has 0 radical (unpaired) electrons. The van der Waals surface area contributed by atoms with E-state index in [1.54, 1.807) is 6.26 Å². The van der Waals surface area contributed by atoms with Crippen LogP contribution in [0.1, 0.15) is 37.4 Å². The first-order valence-corrected chi connectivity index (χ1v) is 6.32. The standard InChI is InChI=1S/C12H19N3O/c1-2-12(11-5-9-16-14-11)15(8-1)10-3-6-13-7-4-10/h5,9-10,12-13H,1-4,6-8H2. The van der Waals surface area contributed by atoms with Crippen molar-refractivity contribution in [3.05, 3.63) is 18.0 Å². The zero-order valence-corrected chi connectivity index (χ0v) is 9.56. The molecule has 1 N–H and O–H groups in total. The van der Waals surface area contributed by atoms with E-state index in [4.69, 9.17) is 4.52 Å². The zero-order chi connectivity index (χ0) is 10.8. The van der Waals surface area contributed by atoms with E-state index in [1.807, 2.05) is 6.07 Å². The Bertz CT molecular complexity index is 319. The first-order valence-electron chi connectivity index (χ1n) is 6.32. The van der Waals surface area contributed by atoms with Crippen molar-refractivity contribution in [1.82, 2.24) is 15.4 Å². The lowest BCUT2D eigenvalue weighted by Crippen LogP contribution is -2.42. The number of aromatic nitrogens is 1. The first-order chi connectivity index (χ1) is 7.95. The van der Waals surface area contributed by atoms with Gasteiger partial charge in [0.2, 0.25) is 0 Å². The number of piperidine rings is 1. The molecule has 88 valence electrons. The topological polar surface area (TPSA) is 41.3 Å². The molecule has 1 aromatic heterocycles. The second-order valence-electron chi connectivity index (χ2n) is 4.80. The van der Waals surface area contributed by atoms with E-state index in [9.17, 15) is 0 Å². The molecule has 1 aromatic rings. The van der Waals surface area contributed by atoms with Crippen molar-refractivity contribution >= 4 is 0 Å². The molecule has 3 heterocycles. The van der Waals surface area contributed by atoms with Gasteiger partial charge in [-0.05, 0) is 45.3 Å². The number of hydrogen-bond acceptors (Lipinski definition) is 4. The Labute approximate surface area is 96.0 Å². The van der Waals surface area contributed by atoms with E-state index < -0.39 is 0 Å². The number of nitrogens with one attached hydrogen (secondary N) is 1. The fourth-order valence-electron chi connectivity index (χ4n) is 3.08. The van der Waals surface area contributed by atoms with Crippen molar-refractivity contribution < 1.29 is 4.52 Å². The van der Waals surface area contributed by atoms with Gasteiger partial charge in [0.1, 0.15) is 12.0 Å². The van der Waals surface area contributed by atoms with Gasteiger partial charge >= 0.3 is 0 Å². The normalized spacial score (nSPS) is 28.6. The van der Waals surface area contributed by atoms with Gasteiger partial charge in [-0.15, -0.1) is 0 Å². The summed E-state index contributed by atoms with van der Waals surface area (Å²) in [5.74, 6) is 0. The van der Waals surface area contributed by atoms with Gasteiger partial charge in [-0.2, -0.15) is 0 Å². The molecular formula is C12H19N3O. The fourth-order valence-corrected chi connectivity index (χ4v) is 3.08. The van der Waals surface area contributed by atoms with E-state index in [-0.39, 0.29) is 0 Å². The highest BCUT2D eigenvalue weighted by Crippen LogP contribution is 2.34. The minimum Gasteiger partial charge on any atom is -0.364 e. The van der Waals surface area contributed by atoms with E-state index in [0.29, 0.717) is 6.04 Å². The molecular weight excluding hydrogens is 202 g/mol. The largest absolute Gasteiger partial charge is 0.364 e. The lowest BCUT2D eigenvalue weighted by molar-refractivity contribution is 0.143. The van der Waals surface area contributed by atoms with Crippen LogP contribution in [0.15, 0.2) is 16.9 Å². The highest BCUT2D eigenvalue weighted by Gasteiger charge is 2.33. The lowest BCUT2D eigenvalue weighted by Gasteiger charge is -2.35. The van der Waals surface area contributed by atoms with Crippen LogP contribution < -0.4 is 5.32 Å². The molecule has 0 spiro atoms. The zero-order valence-electron chi connectivity index (χ0n) is 9.56. The third-order valence-corrected chi connectivity index (χ3v) is 3.87. The van der Waals surface area contributed by atoms with Crippen LogP contribution in [0, 0.1) is 0 Å². The highest BCUT2D eigenvalue weighted by molar-refractivity contribution is 5.06. The van der Waals surface area contributed by atoms with Crippen LogP contribution in [0.3, 0.4) is 0 Å². The van der Waals surface area contributed by atoms with E-state index in [0.717, 1.165) is 24.8 Å². The van der Waals surface area contributed by atoms with E-state index >= 15 is 0 Å². The van der Waals surface area contributed by atoms with Crippen LogP contribution in [-0.2, 0) is 0 Å². The summed E-state index contributed by atoms with van der Waals surface area (Å²) >= 11 is 0. The first kappa shape index (κ1) is 10.3. The maximum atomic E-state index is 4.97. The molecule has 4 heteroatoms. The molecule has 2 fully saturated rings. The molecule has 0 aromatic carbocycles. The maximum Gasteiger partial charge on any atom is 0.124 e. The molecule has 4 nitrogen and oxygen atoms in total.